The summed E-state index contributed by atoms with van der Waals surface area (Å²) in [6.45, 7) is 2.86. The lowest BCUT2D eigenvalue weighted by molar-refractivity contribution is 0.923. The summed E-state index contributed by atoms with van der Waals surface area (Å²) in [5, 5.41) is 8.97. The third-order valence-corrected chi connectivity index (χ3v) is 6.11. The monoisotopic (exact) mass is 437 g/mol. The van der Waals surface area contributed by atoms with Crippen molar-refractivity contribution < 1.29 is 0 Å². The van der Waals surface area contributed by atoms with Crippen LogP contribution in [0.4, 0.5) is 11.5 Å². The van der Waals surface area contributed by atoms with E-state index >= 15 is 0 Å². The summed E-state index contributed by atoms with van der Waals surface area (Å²) in [5.74, 6) is 0.739. The Kier molecular flexibility index (Phi) is 6.69. The van der Waals surface area contributed by atoms with Crippen LogP contribution in [0.5, 0.6) is 0 Å². The maximum Gasteiger partial charge on any atom is 0.162 e. The number of rotatable bonds is 7. The van der Waals surface area contributed by atoms with Crippen LogP contribution < -0.4 is 9.62 Å². The molecule has 0 bridgehead atoms. The maximum absolute atomic E-state index is 8.97. The molecule has 1 aromatic heterocycles. The quantitative estimate of drug-likeness (QED) is 0.354. The Balaban J connectivity index is 1.47. The first-order valence-electron chi connectivity index (χ1n) is 10.2. The fraction of sp³-hybridized carbons (Fsp3) is 0.115. The minimum absolute atomic E-state index is 0.667. The van der Waals surface area contributed by atoms with Crippen molar-refractivity contribution in [3.05, 3.63) is 102 Å². The number of nitrogens with zero attached hydrogens (tertiary/aromatic N) is 4. The summed E-state index contributed by atoms with van der Waals surface area (Å²) in [6.07, 6.45) is 3.41. The van der Waals surface area contributed by atoms with E-state index in [2.05, 4.69) is 69.0 Å². The highest BCUT2D eigenvalue weighted by atomic mass is 32.2. The number of anilines is 2. The molecule has 0 spiro atoms. The summed E-state index contributed by atoms with van der Waals surface area (Å²) < 4.78 is 3.36. The van der Waals surface area contributed by atoms with Crippen LogP contribution in [0.3, 0.4) is 0 Å². The second kappa shape index (κ2) is 9.99. The first-order valence-corrected chi connectivity index (χ1v) is 11.1. The summed E-state index contributed by atoms with van der Waals surface area (Å²) in [4.78, 5) is 12.4. The number of nitrogens with one attached hydrogen (secondary N) is 1. The van der Waals surface area contributed by atoms with E-state index in [1.54, 1.807) is 24.3 Å². The molecular weight excluding hydrogens is 414 g/mol. The van der Waals surface area contributed by atoms with Crippen molar-refractivity contribution in [3.63, 3.8) is 0 Å². The van der Waals surface area contributed by atoms with Gasteiger partial charge in [-0.25, -0.2) is 4.98 Å². The van der Waals surface area contributed by atoms with Crippen LogP contribution in [0, 0.1) is 18.3 Å². The summed E-state index contributed by atoms with van der Waals surface area (Å²) >= 11 is 1.54. The zero-order valence-electron chi connectivity index (χ0n) is 18.0. The van der Waals surface area contributed by atoms with Crippen LogP contribution >= 0.6 is 11.9 Å². The van der Waals surface area contributed by atoms with Crippen molar-refractivity contribution in [3.8, 4) is 17.3 Å². The zero-order valence-corrected chi connectivity index (χ0v) is 18.8. The third-order valence-electron chi connectivity index (χ3n) is 5.13. The van der Waals surface area contributed by atoms with E-state index in [0.717, 1.165) is 34.2 Å². The number of benzene rings is 3. The first-order chi connectivity index (χ1) is 15.6. The van der Waals surface area contributed by atoms with Crippen molar-refractivity contribution in [2.75, 3.05) is 16.7 Å². The Hall–Kier alpha value is -3.82. The Labute approximate surface area is 192 Å². The molecule has 158 valence electrons. The molecule has 0 saturated carbocycles. The fourth-order valence-electron chi connectivity index (χ4n) is 3.32. The second-order valence-electron chi connectivity index (χ2n) is 7.43. The predicted octanol–water partition coefficient (Wildman–Crippen LogP) is 6.08. The molecule has 0 saturated heterocycles. The van der Waals surface area contributed by atoms with Gasteiger partial charge in [0, 0.05) is 42.1 Å². The number of hydrogen-bond acceptors (Lipinski definition) is 6. The average molecular weight is 438 g/mol. The van der Waals surface area contributed by atoms with Gasteiger partial charge in [-0.3, -0.25) is 4.98 Å². The van der Waals surface area contributed by atoms with Crippen molar-refractivity contribution >= 4 is 23.5 Å². The molecule has 0 unspecified atom stereocenters. The summed E-state index contributed by atoms with van der Waals surface area (Å²) in [7, 11) is 2.04. The average Bonchev–Trinajstić information content (AvgIpc) is 2.84. The topological polar surface area (TPSA) is 64.8 Å². The Morgan fingerprint density at radius 2 is 1.66 bits per heavy atom. The van der Waals surface area contributed by atoms with E-state index in [9.17, 15) is 0 Å². The SMILES string of the molecule is Cc1ccccc1SNc1nccnc1-c1ccc(CN(C)c2ccc(C#N)cc2)cc1. The van der Waals surface area contributed by atoms with Gasteiger partial charge in [0.2, 0.25) is 0 Å². The van der Waals surface area contributed by atoms with Gasteiger partial charge < -0.3 is 9.62 Å². The van der Waals surface area contributed by atoms with Gasteiger partial charge in [0.05, 0.1) is 11.6 Å². The molecule has 0 aliphatic carbocycles. The molecule has 4 aromatic rings. The van der Waals surface area contributed by atoms with E-state index in [-0.39, 0.29) is 0 Å². The Morgan fingerprint density at radius 3 is 2.38 bits per heavy atom. The molecule has 0 radical (unpaired) electrons. The highest BCUT2D eigenvalue weighted by Gasteiger charge is 2.10. The summed E-state index contributed by atoms with van der Waals surface area (Å²) in [6, 6.07) is 26.4. The molecule has 0 atom stereocenters. The molecular formula is C26H23N5S. The van der Waals surface area contributed by atoms with Gasteiger partial charge >= 0.3 is 0 Å². The molecule has 32 heavy (non-hydrogen) atoms. The number of aromatic nitrogens is 2. The standard InChI is InChI=1S/C26H23N5S/c1-19-5-3-4-6-24(19)32-30-26-25(28-15-16-29-26)22-11-7-21(8-12-22)18-31(2)23-13-9-20(17-27)10-14-23/h3-16H,18H2,1-2H3,(H,29,30). The van der Waals surface area contributed by atoms with Gasteiger partial charge in [-0.05, 0) is 60.3 Å². The number of aryl methyl sites for hydroxylation is 1. The van der Waals surface area contributed by atoms with Crippen molar-refractivity contribution in [1.29, 1.82) is 5.26 Å². The van der Waals surface area contributed by atoms with Gasteiger partial charge in [0.1, 0.15) is 5.69 Å². The van der Waals surface area contributed by atoms with E-state index in [4.69, 9.17) is 5.26 Å². The van der Waals surface area contributed by atoms with Gasteiger partial charge in [-0.2, -0.15) is 5.26 Å². The molecule has 5 nitrogen and oxygen atoms in total. The number of nitriles is 1. The van der Waals surface area contributed by atoms with Crippen LogP contribution in [0.25, 0.3) is 11.3 Å². The van der Waals surface area contributed by atoms with Crippen LogP contribution in [0.15, 0.2) is 90.1 Å². The maximum atomic E-state index is 8.97. The molecule has 1 heterocycles. The smallest absolute Gasteiger partial charge is 0.162 e. The fourth-order valence-corrected chi connectivity index (χ4v) is 4.05. The minimum Gasteiger partial charge on any atom is -0.370 e. The number of hydrogen-bond donors (Lipinski definition) is 1. The molecule has 4 rings (SSSR count). The van der Waals surface area contributed by atoms with E-state index in [1.807, 2.05) is 43.4 Å². The van der Waals surface area contributed by atoms with Crippen molar-refractivity contribution in [2.24, 2.45) is 0 Å². The lowest BCUT2D eigenvalue weighted by atomic mass is 10.1. The first kappa shape index (κ1) is 21.4. The van der Waals surface area contributed by atoms with E-state index in [0.29, 0.717) is 5.56 Å². The van der Waals surface area contributed by atoms with Gasteiger partial charge in [-0.15, -0.1) is 0 Å². The third kappa shape index (κ3) is 5.08. The van der Waals surface area contributed by atoms with Gasteiger partial charge in [0.15, 0.2) is 5.82 Å². The van der Waals surface area contributed by atoms with Crippen LogP contribution in [0.2, 0.25) is 0 Å². The predicted molar refractivity (Wildman–Crippen MR) is 131 cm³/mol. The normalized spacial score (nSPS) is 10.4. The molecule has 0 amide bonds. The lowest BCUT2D eigenvalue weighted by Gasteiger charge is -2.19. The molecule has 6 heteroatoms. The Bertz CT molecular complexity index is 1230. The Morgan fingerprint density at radius 1 is 0.938 bits per heavy atom. The second-order valence-corrected chi connectivity index (χ2v) is 8.28. The van der Waals surface area contributed by atoms with Crippen molar-refractivity contribution in [1.82, 2.24) is 9.97 Å². The minimum atomic E-state index is 0.667. The van der Waals surface area contributed by atoms with E-state index < -0.39 is 0 Å². The lowest BCUT2D eigenvalue weighted by Crippen LogP contribution is -2.16. The zero-order chi connectivity index (χ0) is 22.3. The molecule has 3 aromatic carbocycles. The molecule has 0 aliphatic rings. The van der Waals surface area contributed by atoms with Crippen molar-refractivity contribution in [2.45, 2.75) is 18.4 Å². The van der Waals surface area contributed by atoms with Crippen LogP contribution in [-0.2, 0) is 6.54 Å². The highest BCUT2D eigenvalue weighted by molar-refractivity contribution is 8.00. The summed E-state index contributed by atoms with van der Waals surface area (Å²) in [5.41, 5.74) is 5.97. The van der Waals surface area contributed by atoms with Gasteiger partial charge in [-0.1, -0.05) is 42.5 Å². The van der Waals surface area contributed by atoms with E-state index in [1.165, 1.54) is 11.1 Å². The largest absolute Gasteiger partial charge is 0.370 e. The van der Waals surface area contributed by atoms with Crippen LogP contribution in [0.1, 0.15) is 16.7 Å². The molecule has 0 fully saturated rings. The molecule has 1 N–H and O–H groups in total. The highest BCUT2D eigenvalue weighted by Crippen LogP contribution is 2.29. The molecule has 0 aliphatic heterocycles. The van der Waals surface area contributed by atoms with Crippen LogP contribution in [-0.4, -0.2) is 17.0 Å². The van der Waals surface area contributed by atoms with Gasteiger partial charge in [0.25, 0.3) is 0 Å².